The van der Waals surface area contributed by atoms with Gasteiger partial charge >= 0.3 is 5.97 Å². The molecule has 17 heavy (non-hydrogen) atoms. The van der Waals surface area contributed by atoms with Crippen molar-refractivity contribution in [2.45, 2.75) is 52.9 Å². The Hall–Kier alpha value is -1.06. The molecule has 0 unspecified atom stereocenters. The van der Waals surface area contributed by atoms with Crippen molar-refractivity contribution in [3.8, 4) is 0 Å². The van der Waals surface area contributed by atoms with Crippen LogP contribution in [-0.4, -0.2) is 23.5 Å². The van der Waals surface area contributed by atoms with Gasteiger partial charge in [-0.25, -0.2) is 0 Å². The zero-order valence-electron chi connectivity index (χ0n) is 11.0. The smallest absolute Gasteiger partial charge is 0.311 e. The van der Waals surface area contributed by atoms with Crippen LogP contribution in [0.2, 0.25) is 0 Å². The van der Waals surface area contributed by atoms with E-state index in [-0.39, 0.29) is 17.9 Å². The molecule has 4 nitrogen and oxygen atoms in total. The highest BCUT2D eigenvalue weighted by Crippen LogP contribution is 2.45. The molecular weight excluding hydrogens is 218 g/mol. The van der Waals surface area contributed by atoms with Gasteiger partial charge in [-0.2, -0.15) is 0 Å². The molecule has 1 aliphatic carbocycles. The van der Waals surface area contributed by atoms with Gasteiger partial charge in [-0.3, -0.25) is 9.59 Å². The van der Waals surface area contributed by atoms with Crippen LogP contribution in [0.3, 0.4) is 0 Å². The van der Waals surface area contributed by atoms with Gasteiger partial charge in [-0.1, -0.05) is 20.8 Å². The lowest BCUT2D eigenvalue weighted by molar-refractivity contribution is -0.143. The van der Waals surface area contributed by atoms with Crippen LogP contribution in [0.15, 0.2) is 0 Å². The van der Waals surface area contributed by atoms with Crippen LogP contribution in [0.25, 0.3) is 0 Å². The molecule has 0 aliphatic heterocycles. The molecule has 1 aliphatic rings. The monoisotopic (exact) mass is 241 g/mol. The highest BCUT2D eigenvalue weighted by Gasteiger charge is 2.50. The molecule has 0 aromatic rings. The van der Waals surface area contributed by atoms with E-state index in [1.807, 2.05) is 0 Å². The van der Waals surface area contributed by atoms with Gasteiger partial charge < -0.3 is 10.4 Å². The van der Waals surface area contributed by atoms with Crippen molar-refractivity contribution in [1.29, 1.82) is 0 Å². The van der Waals surface area contributed by atoms with Crippen LogP contribution in [0.1, 0.15) is 52.9 Å². The number of carboxylic acids is 1. The molecule has 0 aromatic heterocycles. The number of hydrogen-bond acceptors (Lipinski definition) is 2. The van der Waals surface area contributed by atoms with E-state index in [2.05, 4.69) is 26.1 Å². The van der Waals surface area contributed by atoms with Crippen molar-refractivity contribution >= 4 is 11.9 Å². The Kier molecular flexibility index (Phi) is 4.17. The van der Waals surface area contributed by atoms with Gasteiger partial charge in [0, 0.05) is 13.0 Å². The average Bonchev–Trinajstić information content (AvgIpc) is 2.93. The fourth-order valence-corrected chi connectivity index (χ4v) is 1.75. The largest absolute Gasteiger partial charge is 0.481 e. The zero-order chi connectivity index (χ0) is 13.1. The van der Waals surface area contributed by atoms with Crippen LogP contribution in [0.5, 0.6) is 0 Å². The second-order valence-electron chi connectivity index (χ2n) is 6.28. The summed E-state index contributed by atoms with van der Waals surface area (Å²) in [5, 5.41) is 11.7. The third-order valence-corrected chi connectivity index (χ3v) is 3.26. The van der Waals surface area contributed by atoms with Gasteiger partial charge in [0.25, 0.3) is 0 Å². The van der Waals surface area contributed by atoms with Crippen LogP contribution in [0, 0.1) is 10.8 Å². The molecule has 98 valence electrons. The maximum Gasteiger partial charge on any atom is 0.311 e. The van der Waals surface area contributed by atoms with E-state index in [0.717, 1.165) is 12.8 Å². The molecule has 4 heteroatoms. The quantitative estimate of drug-likeness (QED) is 0.749. The molecule has 0 aromatic carbocycles. The molecule has 1 amide bonds. The van der Waals surface area contributed by atoms with E-state index in [4.69, 9.17) is 5.11 Å². The summed E-state index contributed by atoms with van der Waals surface area (Å²) in [7, 11) is 0. The van der Waals surface area contributed by atoms with Crippen LogP contribution in [-0.2, 0) is 9.59 Å². The zero-order valence-corrected chi connectivity index (χ0v) is 11.0. The summed E-state index contributed by atoms with van der Waals surface area (Å²) in [6.45, 7) is 6.73. The molecule has 1 saturated carbocycles. The summed E-state index contributed by atoms with van der Waals surface area (Å²) in [6.07, 6.45) is 3.72. The van der Waals surface area contributed by atoms with Crippen LogP contribution < -0.4 is 5.32 Å². The summed E-state index contributed by atoms with van der Waals surface area (Å²) in [4.78, 5) is 22.4. The Morgan fingerprint density at radius 1 is 1.29 bits per heavy atom. The lowest BCUT2D eigenvalue weighted by Crippen LogP contribution is -2.34. The molecule has 1 rings (SSSR count). The van der Waals surface area contributed by atoms with E-state index in [1.165, 1.54) is 0 Å². The van der Waals surface area contributed by atoms with Crippen molar-refractivity contribution in [1.82, 2.24) is 5.32 Å². The predicted octanol–water partition coefficient (Wildman–Crippen LogP) is 2.18. The number of rotatable bonds is 6. The third kappa shape index (κ3) is 4.75. The van der Waals surface area contributed by atoms with E-state index < -0.39 is 11.4 Å². The van der Waals surface area contributed by atoms with Gasteiger partial charge in [-0.05, 0) is 31.1 Å². The van der Waals surface area contributed by atoms with Gasteiger partial charge in [0.2, 0.25) is 5.91 Å². The van der Waals surface area contributed by atoms with E-state index in [9.17, 15) is 9.59 Å². The third-order valence-electron chi connectivity index (χ3n) is 3.26. The average molecular weight is 241 g/mol. The summed E-state index contributed by atoms with van der Waals surface area (Å²) in [5.41, 5.74) is -0.404. The van der Waals surface area contributed by atoms with Gasteiger partial charge in [0.15, 0.2) is 0 Å². The number of carboxylic acid groups (broad SMARTS) is 1. The fraction of sp³-hybridized carbons (Fsp3) is 0.846. The lowest BCUT2D eigenvalue weighted by Gasteiger charge is -2.17. The van der Waals surface area contributed by atoms with Gasteiger partial charge in [0.1, 0.15) is 0 Å². The number of carbonyl (C=O) groups is 2. The standard InChI is InChI=1S/C13H23NO3/c1-12(2,3)6-4-5-10(15)14-9-13(7-8-13)11(16)17/h4-9H2,1-3H3,(H,14,15)(H,16,17). The molecule has 0 heterocycles. The van der Waals surface area contributed by atoms with E-state index >= 15 is 0 Å². The molecular formula is C13H23NO3. The van der Waals surface area contributed by atoms with Crippen LogP contribution in [0.4, 0.5) is 0 Å². The Morgan fingerprint density at radius 2 is 1.88 bits per heavy atom. The van der Waals surface area contributed by atoms with Crippen molar-refractivity contribution < 1.29 is 14.7 Å². The second kappa shape index (κ2) is 5.07. The summed E-state index contributed by atoms with van der Waals surface area (Å²) < 4.78 is 0. The van der Waals surface area contributed by atoms with Crippen LogP contribution >= 0.6 is 0 Å². The summed E-state index contributed by atoms with van der Waals surface area (Å²) in [6, 6.07) is 0. The first-order valence-electron chi connectivity index (χ1n) is 6.25. The minimum absolute atomic E-state index is 0.0261. The second-order valence-corrected chi connectivity index (χ2v) is 6.28. The Labute approximate surface area is 103 Å². The van der Waals surface area contributed by atoms with Crippen molar-refractivity contribution in [2.75, 3.05) is 6.54 Å². The predicted molar refractivity (Wildman–Crippen MR) is 65.6 cm³/mol. The molecule has 2 N–H and O–H groups in total. The lowest BCUT2D eigenvalue weighted by atomic mass is 9.90. The highest BCUT2D eigenvalue weighted by molar-refractivity contribution is 5.80. The first kappa shape index (κ1) is 14.0. The Bertz CT molecular complexity index is 300. The SMILES string of the molecule is CC(C)(C)CCCC(=O)NCC1(C(=O)O)CC1. The molecule has 0 spiro atoms. The number of hydrogen-bond donors (Lipinski definition) is 2. The number of carbonyl (C=O) groups excluding carboxylic acids is 1. The molecule has 1 fully saturated rings. The molecule has 0 saturated heterocycles. The minimum atomic E-state index is -0.785. The maximum atomic E-state index is 11.5. The fourth-order valence-electron chi connectivity index (χ4n) is 1.75. The van der Waals surface area contributed by atoms with Gasteiger partial charge in [-0.15, -0.1) is 0 Å². The van der Waals surface area contributed by atoms with Crippen molar-refractivity contribution in [3.05, 3.63) is 0 Å². The topological polar surface area (TPSA) is 66.4 Å². The number of aliphatic carboxylic acids is 1. The summed E-state index contributed by atoms with van der Waals surface area (Å²) in [5.74, 6) is -0.811. The number of amides is 1. The normalized spacial score (nSPS) is 17.6. The van der Waals surface area contributed by atoms with Gasteiger partial charge in [0.05, 0.1) is 5.41 Å². The van der Waals surface area contributed by atoms with E-state index in [1.54, 1.807) is 0 Å². The summed E-state index contributed by atoms with van der Waals surface area (Å²) >= 11 is 0. The highest BCUT2D eigenvalue weighted by atomic mass is 16.4. The Morgan fingerprint density at radius 3 is 2.29 bits per heavy atom. The first-order valence-corrected chi connectivity index (χ1v) is 6.25. The van der Waals surface area contributed by atoms with Crippen molar-refractivity contribution in [2.24, 2.45) is 10.8 Å². The number of nitrogens with one attached hydrogen (secondary N) is 1. The molecule has 0 radical (unpaired) electrons. The Balaban J connectivity index is 2.16. The first-order chi connectivity index (χ1) is 7.75. The molecule has 0 atom stereocenters. The van der Waals surface area contributed by atoms with E-state index in [0.29, 0.717) is 19.3 Å². The maximum absolute atomic E-state index is 11.5. The molecule has 0 bridgehead atoms. The minimum Gasteiger partial charge on any atom is -0.481 e. The van der Waals surface area contributed by atoms with Crippen molar-refractivity contribution in [3.63, 3.8) is 0 Å².